The fourth-order valence-corrected chi connectivity index (χ4v) is 2.86. The summed E-state index contributed by atoms with van der Waals surface area (Å²) in [4.78, 5) is 11.9. The van der Waals surface area contributed by atoms with Crippen LogP contribution in [0.2, 0.25) is 0 Å². The molecule has 2 heterocycles. The Hall–Kier alpha value is -1.39. The molecule has 0 amide bonds. The Morgan fingerprint density at radius 3 is 3.28 bits per heavy atom. The minimum atomic E-state index is -0.247. The molecule has 0 aromatic carbocycles. The van der Waals surface area contributed by atoms with Crippen LogP contribution in [0.1, 0.15) is 13.3 Å². The normalized spacial score (nSPS) is 33.3. The minimum Gasteiger partial charge on any atom is -0.465 e. The fourth-order valence-electron chi connectivity index (χ4n) is 2.86. The summed E-state index contributed by atoms with van der Waals surface area (Å²) in [6.45, 7) is 3.03. The van der Waals surface area contributed by atoms with Crippen LogP contribution in [-0.4, -0.2) is 37.2 Å². The van der Waals surface area contributed by atoms with Crippen molar-refractivity contribution in [3.63, 3.8) is 0 Å². The van der Waals surface area contributed by atoms with Gasteiger partial charge in [0.15, 0.2) is 0 Å². The number of allylic oxidation sites excluding steroid dienone is 2. The van der Waals surface area contributed by atoms with Crippen LogP contribution in [0.25, 0.3) is 0 Å². The van der Waals surface area contributed by atoms with Gasteiger partial charge in [0.05, 0.1) is 12.6 Å². The highest BCUT2D eigenvalue weighted by Crippen LogP contribution is 2.27. The predicted molar refractivity (Wildman–Crippen MR) is 69.1 cm³/mol. The van der Waals surface area contributed by atoms with Crippen LogP contribution in [0.3, 0.4) is 0 Å². The second kappa shape index (κ2) is 4.71. The molecule has 18 heavy (non-hydrogen) atoms. The molecule has 0 aromatic rings. The molecule has 3 atom stereocenters. The van der Waals surface area contributed by atoms with Crippen molar-refractivity contribution in [3.05, 3.63) is 35.5 Å². The third kappa shape index (κ3) is 1.91. The van der Waals surface area contributed by atoms with Gasteiger partial charge in [-0.15, -0.1) is 0 Å². The molecule has 0 saturated carbocycles. The van der Waals surface area contributed by atoms with Crippen LogP contribution in [0.4, 0.5) is 0 Å². The van der Waals surface area contributed by atoms with Crippen LogP contribution < -0.4 is 10.6 Å². The number of hydrogen-bond acceptors (Lipinski definition) is 4. The van der Waals surface area contributed by atoms with E-state index in [-0.39, 0.29) is 18.1 Å². The molecular weight excluding hydrogens is 228 g/mol. The third-order valence-electron chi connectivity index (χ3n) is 3.73. The van der Waals surface area contributed by atoms with Crippen LogP contribution in [-0.2, 0) is 9.53 Å². The highest BCUT2D eigenvalue weighted by Gasteiger charge is 2.40. The van der Waals surface area contributed by atoms with Crippen LogP contribution >= 0.6 is 0 Å². The molecule has 4 nitrogen and oxygen atoms in total. The first kappa shape index (κ1) is 11.7. The van der Waals surface area contributed by atoms with Gasteiger partial charge < -0.3 is 10.1 Å². The molecule has 4 heteroatoms. The summed E-state index contributed by atoms with van der Waals surface area (Å²) in [6, 6.07) is 0.168. The average molecular weight is 246 g/mol. The van der Waals surface area contributed by atoms with Crippen molar-refractivity contribution in [1.29, 1.82) is 0 Å². The van der Waals surface area contributed by atoms with E-state index in [0.29, 0.717) is 12.6 Å². The van der Waals surface area contributed by atoms with E-state index in [1.807, 2.05) is 6.92 Å². The summed E-state index contributed by atoms with van der Waals surface area (Å²) in [7, 11) is 0. The molecular formula is C14H18N2O2. The van der Waals surface area contributed by atoms with Gasteiger partial charge in [0.1, 0.15) is 6.04 Å². The van der Waals surface area contributed by atoms with Gasteiger partial charge in [0.25, 0.3) is 0 Å². The van der Waals surface area contributed by atoms with Gasteiger partial charge in [-0.3, -0.25) is 10.1 Å². The number of fused-ring (bicyclic) bond motifs is 2. The number of rotatable bonds is 2. The van der Waals surface area contributed by atoms with Crippen molar-refractivity contribution in [3.8, 4) is 0 Å². The molecule has 1 saturated heterocycles. The van der Waals surface area contributed by atoms with Gasteiger partial charge in [-0.25, -0.2) is 0 Å². The zero-order chi connectivity index (χ0) is 12.5. The smallest absolute Gasteiger partial charge is 0.325 e. The summed E-state index contributed by atoms with van der Waals surface area (Å²) >= 11 is 0. The van der Waals surface area contributed by atoms with Crippen LogP contribution in [0.15, 0.2) is 35.5 Å². The molecule has 96 valence electrons. The number of ether oxygens (including phenoxy) is 1. The first-order chi connectivity index (χ1) is 8.79. The van der Waals surface area contributed by atoms with Crippen molar-refractivity contribution in [2.75, 3.05) is 13.2 Å². The van der Waals surface area contributed by atoms with Crippen molar-refractivity contribution < 1.29 is 9.53 Å². The number of hydrogen-bond donors (Lipinski definition) is 2. The Balaban J connectivity index is 1.81. The Morgan fingerprint density at radius 1 is 1.56 bits per heavy atom. The maximum Gasteiger partial charge on any atom is 0.325 e. The maximum absolute atomic E-state index is 11.9. The van der Waals surface area contributed by atoms with E-state index in [2.05, 4.69) is 34.9 Å². The van der Waals surface area contributed by atoms with Crippen molar-refractivity contribution in [2.24, 2.45) is 0 Å². The topological polar surface area (TPSA) is 50.4 Å². The van der Waals surface area contributed by atoms with Gasteiger partial charge in [-0.2, -0.15) is 0 Å². The molecule has 1 aliphatic carbocycles. The lowest BCUT2D eigenvalue weighted by atomic mass is 9.88. The molecule has 1 fully saturated rings. The zero-order valence-electron chi connectivity index (χ0n) is 10.5. The third-order valence-corrected chi connectivity index (χ3v) is 3.73. The zero-order valence-corrected chi connectivity index (χ0v) is 10.5. The van der Waals surface area contributed by atoms with E-state index in [9.17, 15) is 4.79 Å². The lowest BCUT2D eigenvalue weighted by Gasteiger charge is -2.32. The Labute approximate surface area is 107 Å². The lowest BCUT2D eigenvalue weighted by Crippen LogP contribution is -2.52. The fraction of sp³-hybridized carbons (Fsp3) is 0.500. The number of carbonyl (C=O) groups excluding carboxylic acids is 1. The first-order valence-electron chi connectivity index (χ1n) is 6.53. The van der Waals surface area contributed by atoms with Gasteiger partial charge in [-0.05, 0) is 24.5 Å². The van der Waals surface area contributed by atoms with Gasteiger partial charge >= 0.3 is 5.97 Å². The van der Waals surface area contributed by atoms with Crippen LogP contribution in [0.5, 0.6) is 0 Å². The Morgan fingerprint density at radius 2 is 2.44 bits per heavy atom. The van der Waals surface area contributed by atoms with E-state index >= 15 is 0 Å². The standard InChI is InChI=1S/C14H18N2O2/c1-2-18-14(17)13-12-10(8-15-13)7-9-5-3-4-6-11(9)16-12/h3-5,7,11-13,15-16H,2,6,8H2,1H3. The summed E-state index contributed by atoms with van der Waals surface area (Å²) in [5, 5.41) is 6.80. The monoisotopic (exact) mass is 246 g/mol. The molecule has 0 bridgehead atoms. The summed E-state index contributed by atoms with van der Waals surface area (Å²) < 4.78 is 5.11. The quantitative estimate of drug-likeness (QED) is 0.703. The molecule has 3 rings (SSSR count). The summed E-state index contributed by atoms with van der Waals surface area (Å²) in [5.41, 5.74) is 2.57. The number of esters is 1. The van der Waals surface area contributed by atoms with Gasteiger partial charge in [0.2, 0.25) is 0 Å². The molecule has 0 aromatic heterocycles. The van der Waals surface area contributed by atoms with E-state index in [1.165, 1.54) is 11.1 Å². The lowest BCUT2D eigenvalue weighted by molar-refractivity contribution is -0.145. The minimum absolute atomic E-state index is 0.0812. The maximum atomic E-state index is 11.9. The summed E-state index contributed by atoms with van der Waals surface area (Å²) in [5.74, 6) is -0.155. The highest BCUT2D eigenvalue weighted by atomic mass is 16.5. The van der Waals surface area contributed by atoms with Crippen molar-refractivity contribution >= 4 is 5.97 Å². The van der Waals surface area contributed by atoms with Gasteiger partial charge in [0, 0.05) is 12.6 Å². The molecule has 0 radical (unpaired) electrons. The van der Waals surface area contributed by atoms with Crippen molar-refractivity contribution in [2.45, 2.75) is 31.5 Å². The van der Waals surface area contributed by atoms with Crippen LogP contribution in [0, 0.1) is 0 Å². The van der Waals surface area contributed by atoms with E-state index in [1.54, 1.807) is 0 Å². The second-order valence-electron chi connectivity index (χ2n) is 4.86. The van der Waals surface area contributed by atoms with E-state index in [0.717, 1.165) is 13.0 Å². The highest BCUT2D eigenvalue weighted by molar-refractivity contribution is 5.79. The van der Waals surface area contributed by atoms with E-state index < -0.39 is 0 Å². The van der Waals surface area contributed by atoms with Crippen molar-refractivity contribution in [1.82, 2.24) is 10.6 Å². The first-order valence-corrected chi connectivity index (χ1v) is 6.53. The molecule has 3 unspecified atom stereocenters. The average Bonchev–Trinajstić information content (AvgIpc) is 2.79. The molecule has 2 N–H and O–H groups in total. The second-order valence-corrected chi connectivity index (χ2v) is 4.86. The number of carbonyl (C=O) groups is 1. The largest absolute Gasteiger partial charge is 0.465 e. The Kier molecular flexibility index (Phi) is 3.06. The molecule has 3 aliphatic rings. The Bertz CT molecular complexity index is 451. The molecule has 2 aliphatic heterocycles. The predicted octanol–water partition coefficient (Wildman–Crippen LogP) is 0.674. The van der Waals surface area contributed by atoms with Gasteiger partial charge in [-0.1, -0.05) is 24.3 Å². The summed E-state index contributed by atoms with van der Waals surface area (Å²) in [6.07, 6.45) is 9.60. The number of nitrogens with one attached hydrogen (secondary N) is 2. The van der Waals surface area contributed by atoms with E-state index in [4.69, 9.17) is 4.74 Å². The SMILES string of the molecule is CCOC(=O)C1NCC2=CC3=CC=CCC3NC21. The molecule has 0 spiro atoms.